The summed E-state index contributed by atoms with van der Waals surface area (Å²) in [6.45, 7) is 7.02. The van der Waals surface area contributed by atoms with Crippen LogP contribution in [-0.4, -0.2) is 29.2 Å². The van der Waals surface area contributed by atoms with E-state index in [9.17, 15) is 0 Å². The summed E-state index contributed by atoms with van der Waals surface area (Å²) in [5.74, 6) is 0.937. The van der Waals surface area contributed by atoms with Gasteiger partial charge in [-0.2, -0.15) is 0 Å². The first-order chi connectivity index (χ1) is 7.16. The first-order valence-corrected chi connectivity index (χ1v) is 5.56. The molecule has 1 saturated heterocycles. The molecule has 0 aromatic carbocycles. The van der Waals surface area contributed by atoms with Crippen LogP contribution in [-0.2, 0) is 6.54 Å². The zero-order valence-corrected chi connectivity index (χ0v) is 9.49. The third-order valence-corrected chi connectivity index (χ3v) is 3.10. The number of hydrogen-bond donors (Lipinski definition) is 1. The van der Waals surface area contributed by atoms with E-state index in [2.05, 4.69) is 10.1 Å². The standard InChI is InChI=1S/C11H19N3O/c1-8-11(9(2)15-13-8)7-14-5-3-4-10(12)6-14/h10H,3-7,12H2,1-2H3. The Hall–Kier alpha value is -0.870. The first-order valence-electron chi connectivity index (χ1n) is 5.56. The maximum atomic E-state index is 5.95. The normalized spacial score (nSPS) is 23.3. The van der Waals surface area contributed by atoms with E-state index >= 15 is 0 Å². The lowest BCUT2D eigenvalue weighted by molar-refractivity contribution is 0.200. The molecule has 0 aliphatic carbocycles. The number of nitrogens with two attached hydrogens (primary N) is 1. The largest absolute Gasteiger partial charge is 0.361 e. The lowest BCUT2D eigenvalue weighted by Crippen LogP contribution is -2.42. The Morgan fingerprint density at radius 1 is 1.53 bits per heavy atom. The summed E-state index contributed by atoms with van der Waals surface area (Å²) >= 11 is 0. The number of aromatic nitrogens is 1. The van der Waals surface area contributed by atoms with Crippen molar-refractivity contribution in [1.82, 2.24) is 10.1 Å². The molecule has 1 unspecified atom stereocenters. The Bertz CT molecular complexity index is 315. The molecule has 15 heavy (non-hydrogen) atoms. The van der Waals surface area contributed by atoms with Gasteiger partial charge < -0.3 is 10.3 Å². The molecule has 1 aromatic rings. The summed E-state index contributed by atoms with van der Waals surface area (Å²) in [5.41, 5.74) is 8.18. The predicted octanol–water partition coefficient (Wildman–Crippen LogP) is 1.21. The second-order valence-corrected chi connectivity index (χ2v) is 4.44. The fourth-order valence-electron chi connectivity index (χ4n) is 2.19. The second-order valence-electron chi connectivity index (χ2n) is 4.44. The van der Waals surface area contributed by atoms with Crippen LogP contribution in [0.4, 0.5) is 0 Å². The molecule has 4 heteroatoms. The molecule has 0 radical (unpaired) electrons. The highest BCUT2D eigenvalue weighted by molar-refractivity contribution is 5.20. The van der Waals surface area contributed by atoms with Crippen molar-refractivity contribution in [3.8, 4) is 0 Å². The summed E-state index contributed by atoms with van der Waals surface area (Å²) in [6, 6.07) is 0.333. The van der Waals surface area contributed by atoms with Crippen molar-refractivity contribution in [3.63, 3.8) is 0 Å². The molecular formula is C11H19N3O. The smallest absolute Gasteiger partial charge is 0.138 e. The topological polar surface area (TPSA) is 55.3 Å². The lowest BCUT2D eigenvalue weighted by atomic mass is 10.1. The number of likely N-dealkylation sites (tertiary alicyclic amines) is 1. The maximum Gasteiger partial charge on any atom is 0.138 e. The Kier molecular flexibility index (Phi) is 3.07. The lowest BCUT2D eigenvalue weighted by Gasteiger charge is -2.30. The van der Waals surface area contributed by atoms with Crippen molar-refractivity contribution < 1.29 is 4.52 Å². The van der Waals surface area contributed by atoms with E-state index in [0.29, 0.717) is 6.04 Å². The second kappa shape index (κ2) is 4.33. The fraction of sp³-hybridized carbons (Fsp3) is 0.727. The Morgan fingerprint density at radius 3 is 2.93 bits per heavy atom. The SMILES string of the molecule is Cc1noc(C)c1CN1CCCC(N)C1. The zero-order chi connectivity index (χ0) is 10.8. The summed E-state index contributed by atoms with van der Waals surface area (Å²) in [6.07, 6.45) is 2.35. The Balaban J connectivity index is 2.02. The molecule has 0 saturated carbocycles. The average Bonchev–Trinajstić information content (AvgIpc) is 2.50. The Labute approximate surface area is 90.4 Å². The van der Waals surface area contributed by atoms with Crippen LogP contribution in [0.25, 0.3) is 0 Å². The van der Waals surface area contributed by atoms with Crippen molar-refractivity contribution in [2.45, 2.75) is 39.3 Å². The van der Waals surface area contributed by atoms with E-state index in [4.69, 9.17) is 10.3 Å². The van der Waals surface area contributed by atoms with Crippen LogP contribution < -0.4 is 5.73 Å². The molecular weight excluding hydrogens is 190 g/mol. The van der Waals surface area contributed by atoms with Crippen LogP contribution in [0.3, 0.4) is 0 Å². The van der Waals surface area contributed by atoms with Crippen LogP contribution in [0.1, 0.15) is 29.9 Å². The van der Waals surface area contributed by atoms with E-state index in [1.165, 1.54) is 12.0 Å². The summed E-state index contributed by atoms with van der Waals surface area (Å²) in [7, 11) is 0. The number of piperidine rings is 1. The molecule has 0 bridgehead atoms. The van der Waals surface area contributed by atoms with Gasteiger partial charge in [-0.25, -0.2) is 0 Å². The van der Waals surface area contributed by atoms with Crippen LogP contribution in [0.5, 0.6) is 0 Å². The molecule has 1 fully saturated rings. The van der Waals surface area contributed by atoms with Crippen LogP contribution in [0.15, 0.2) is 4.52 Å². The van der Waals surface area contributed by atoms with Crippen molar-refractivity contribution in [2.75, 3.05) is 13.1 Å². The van der Waals surface area contributed by atoms with E-state index in [1.54, 1.807) is 0 Å². The molecule has 4 nitrogen and oxygen atoms in total. The summed E-state index contributed by atoms with van der Waals surface area (Å²) in [5, 5.41) is 3.97. The molecule has 0 amide bonds. The van der Waals surface area contributed by atoms with Gasteiger partial charge in [0, 0.05) is 24.7 Å². The summed E-state index contributed by atoms with van der Waals surface area (Å²) < 4.78 is 5.16. The van der Waals surface area contributed by atoms with Crippen molar-refractivity contribution >= 4 is 0 Å². The minimum atomic E-state index is 0.333. The third-order valence-electron chi connectivity index (χ3n) is 3.10. The van der Waals surface area contributed by atoms with Gasteiger partial charge >= 0.3 is 0 Å². The van der Waals surface area contributed by atoms with Crippen molar-refractivity contribution in [2.24, 2.45) is 5.73 Å². The molecule has 1 atom stereocenters. The van der Waals surface area contributed by atoms with Gasteiger partial charge in [0.25, 0.3) is 0 Å². The van der Waals surface area contributed by atoms with E-state index in [0.717, 1.165) is 37.5 Å². The molecule has 0 spiro atoms. The monoisotopic (exact) mass is 209 g/mol. The maximum absolute atomic E-state index is 5.95. The van der Waals surface area contributed by atoms with Crippen molar-refractivity contribution in [1.29, 1.82) is 0 Å². The minimum absolute atomic E-state index is 0.333. The van der Waals surface area contributed by atoms with Crippen LogP contribution in [0.2, 0.25) is 0 Å². The zero-order valence-electron chi connectivity index (χ0n) is 9.49. The average molecular weight is 209 g/mol. The van der Waals surface area contributed by atoms with Gasteiger partial charge in [-0.1, -0.05) is 5.16 Å². The summed E-state index contributed by atoms with van der Waals surface area (Å²) in [4.78, 5) is 2.39. The van der Waals surface area contributed by atoms with Gasteiger partial charge in [0.05, 0.1) is 5.69 Å². The first kappa shape index (κ1) is 10.6. The molecule has 1 aromatic heterocycles. The van der Waals surface area contributed by atoms with Crippen LogP contribution in [0, 0.1) is 13.8 Å². The fourth-order valence-corrected chi connectivity index (χ4v) is 2.19. The predicted molar refractivity (Wildman–Crippen MR) is 58.5 cm³/mol. The van der Waals surface area contributed by atoms with Crippen molar-refractivity contribution in [3.05, 3.63) is 17.0 Å². The molecule has 84 valence electrons. The van der Waals surface area contributed by atoms with Gasteiger partial charge in [0.2, 0.25) is 0 Å². The van der Waals surface area contributed by atoms with Gasteiger partial charge in [0.15, 0.2) is 0 Å². The molecule has 2 rings (SSSR count). The van der Waals surface area contributed by atoms with E-state index in [1.807, 2.05) is 13.8 Å². The highest BCUT2D eigenvalue weighted by Gasteiger charge is 2.19. The van der Waals surface area contributed by atoms with Gasteiger partial charge in [-0.3, -0.25) is 4.90 Å². The quantitative estimate of drug-likeness (QED) is 0.795. The molecule has 2 N–H and O–H groups in total. The molecule has 2 heterocycles. The van der Waals surface area contributed by atoms with Gasteiger partial charge in [0.1, 0.15) is 5.76 Å². The number of nitrogens with zero attached hydrogens (tertiary/aromatic N) is 2. The molecule has 1 aliphatic heterocycles. The number of aryl methyl sites for hydroxylation is 2. The van der Waals surface area contributed by atoms with Crippen LogP contribution >= 0.6 is 0 Å². The molecule has 1 aliphatic rings. The van der Waals surface area contributed by atoms with Gasteiger partial charge in [-0.05, 0) is 33.2 Å². The van der Waals surface area contributed by atoms with Gasteiger partial charge in [-0.15, -0.1) is 0 Å². The number of rotatable bonds is 2. The highest BCUT2D eigenvalue weighted by atomic mass is 16.5. The number of hydrogen-bond acceptors (Lipinski definition) is 4. The highest BCUT2D eigenvalue weighted by Crippen LogP contribution is 2.17. The van der Waals surface area contributed by atoms with E-state index < -0.39 is 0 Å². The minimum Gasteiger partial charge on any atom is -0.361 e. The third kappa shape index (κ3) is 2.38. The Morgan fingerprint density at radius 2 is 2.33 bits per heavy atom. The van der Waals surface area contributed by atoms with E-state index in [-0.39, 0.29) is 0 Å².